The zero-order chi connectivity index (χ0) is 28.2. The number of hydrogen-bond donors (Lipinski definition) is 3. The summed E-state index contributed by atoms with van der Waals surface area (Å²) in [4.78, 5) is 27.9. The molecular formula is C31H37N3O5S. The van der Waals surface area contributed by atoms with E-state index in [-0.39, 0.29) is 30.6 Å². The quantitative estimate of drug-likeness (QED) is 0.185. The highest BCUT2D eigenvalue weighted by atomic mass is 32.2. The molecule has 3 atom stereocenters. The van der Waals surface area contributed by atoms with Crippen molar-refractivity contribution in [1.82, 2.24) is 10.3 Å². The second kappa shape index (κ2) is 15.5. The third kappa shape index (κ3) is 9.45. The molecule has 9 heteroatoms. The zero-order valence-electron chi connectivity index (χ0n) is 22.8. The van der Waals surface area contributed by atoms with Gasteiger partial charge in [0.2, 0.25) is 11.8 Å². The third-order valence-corrected chi connectivity index (χ3v) is 7.64. The van der Waals surface area contributed by atoms with Crippen molar-refractivity contribution in [1.29, 1.82) is 0 Å². The van der Waals surface area contributed by atoms with Gasteiger partial charge in [0.05, 0.1) is 23.8 Å². The first-order valence-electron chi connectivity index (χ1n) is 13.7. The maximum absolute atomic E-state index is 12.5. The molecule has 40 heavy (non-hydrogen) atoms. The SMILES string of the molecule is CC(=O)NCCCCCC(=O)Nc1cccc([C@H]2O[C@@H](CSc3ccccn3)C[C@@H](c3ccc(CO)cc3)O2)c1. The number of carbonyl (C=O) groups is 2. The van der Waals surface area contributed by atoms with Crippen molar-refractivity contribution in [3.63, 3.8) is 0 Å². The standard InChI is InChI=1S/C31H37N3O5S/c1-22(36)32-16-5-2-3-10-29(37)34-26-9-7-8-25(18-26)31-38-27(21-40-30-11-4-6-17-33-30)19-28(39-31)24-14-12-23(20-35)13-15-24/h4,6-9,11-15,17-18,27-28,31,35H,2-3,5,10,16,19-21H2,1H3,(H,32,36)(H,34,37)/t27-,28+,31+/m1/s1. The predicted octanol–water partition coefficient (Wildman–Crippen LogP) is 5.55. The Morgan fingerprint density at radius 1 is 1.00 bits per heavy atom. The van der Waals surface area contributed by atoms with Crippen LogP contribution in [0.2, 0.25) is 0 Å². The van der Waals surface area contributed by atoms with E-state index in [1.165, 1.54) is 6.92 Å². The van der Waals surface area contributed by atoms with E-state index in [1.807, 2.05) is 66.7 Å². The highest BCUT2D eigenvalue weighted by molar-refractivity contribution is 7.99. The summed E-state index contributed by atoms with van der Waals surface area (Å²) in [5.74, 6) is 0.641. The Bertz CT molecular complexity index is 1230. The Kier molecular flexibility index (Phi) is 11.5. The van der Waals surface area contributed by atoms with Crippen molar-refractivity contribution in [2.75, 3.05) is 17.6 Å². The molecule has 1 fully saturated rings. The number of nitrogens with one attached hydrogen (secondary N) is 2. The summed E-state index contributed by atoms with van der Waals surface area (Å²) < 4.78 is 12.9. The number of unbranched alkanes of at least 4 members (excludes halogenated alkanes) is 2. The minimum Gasteiger partial charge on any atom is -0.392 e. The molecule has 0 aliphatic carbocycles. The van der Waals surface area contributed by atoms with E-state index in [0.29, 0.717) is 25.1 Å². The molecule has 0 spiro atoms. The van der Waals surface area contributed by atoms with E-state index < -0.39 is 6.29 Å². The Labute approximate surface area is 239 Å². The van der Waals surface area contributed by atoms with Gasteiger partial charge in [-0.15, -0.1) is 11.8 Å². The number of anilines is 1. The summed E-state index contributed by atoms with van der Waals surface area (Å²) in [6.45, 7) is 2.13. The topological polar surface area (TPSA) is 110 Å². The number of aliphatic hydroxyl groups excluding tert-OH is 1. The minimum atomic E-state index is -0.601. The van der Waals surface area contributed by atoms with Gasteiger partial charge in [-0.25, -0.2) is 4.98 Å². The highest BCUT2D eigenvalue weighted by Gasteiger charge is 2.32. The maximum atomic E-state index is 12.5. The molecular weight excluding hydrogens is 526 g/mol. The van der Waals surface area contributed by atoms with Crippen LogP contribution in [-0.2, 0) is 25.7 Å². The van der Waals surface area contributed by atoms with E-state index in [0.717, 1.165) is 46.7 Å². The summed E-state index contributed by atoms with van der Waals surface area (Å²) >= 11 is 1.65. The fourth-order valence-electron chi connectivity index (χ4n) is 4.47. The molecule has 1 aliphatic heterocycles. The Balaban J connectivity index is 1.39. The smallest absolute Gasteiger partial charge is 0.224 e. The van der Waals surface area contributed by atoms with Crippen LogP contribution in [0.5, 0.6) is 0 Å². The van der Waals surface area contributed by atoms with Gasteiger partial charge in [0, 0.05) is 49.5 Å². The Morgan fingerprint density at radius 3 is 2.60 bits per heavy atom. The molecule has 212 valence electrons. The summed E-state index contributed by atoms with van der Waals surface area (Å²) in [6, 6.07) is 21.3. The van der Waals surface area contributed by atoms with Crippen molar-refractivity contribution in [3.8, 4) is 0 Å². The summed E-state index contributed by atoms with van der Waals surface area (Å²) in [7, 11) is 0. The lowest BCUT2D eigenvalue weighted by Crippen LogP contribution is -2.31. The van der Waals surface area contributed by atoms with E-state index in [9.17, 15) is 14.7 Å². The second-order valence-electron chi connectivity index (χ2n) is 9.80. The summed E-state index contributed by atoms with van der Waals surface area (Å²) in [5.41, 5.74) is 3.41. The molecule has 2 heterocycles. The van der Waals surface area contributed by atoms with E-state index in [4.69, 9.17) is 9.47 Å². The fraction of sp³-hybridized carbons (Fsp3) is 0.387. The van der Waals surface area contributed by atoms with Crippen LogP contribution in [0.15, 0.2) is 78.0 Å². The van der Waals surface area contributed by atoms with Gasteiger partial charge in [-0.05, 0) is 48.2 Å². The van der Waals surface area contributed by atoms with Crippen LogP contribution in [0.3, 0.4) is 0 Å². The first-order chi connectivity index (χ1) is 19.5. The van der Waals surface area contributed by atoms with Gasteiger partial charge in [-0.2, -0.15) is 0 Å². The Morgan fingerprint density at radius 2 is 1.85 bits per heavy atom. The molecule has 0 unspecified atom stereocenters. The molecule has 2 aromatic carbocycles. The largest absolute Gasteiger partial charge is 0.392 e. The number of thioether (sulfide) groups is 1. The number of amides is 2. The predicted molar refractivity (Wildman–Crippen MR) is 156 cm³/mol. The normalized spacial score (nSPS) is 18.7. The number of aliphatic hydroxyl groups is 1. The average molecular weight is 564 g/mol. The van der Waals surface area contributed by atoms with Gasteiger partial charge in [-0.3, -0.25) is 9.59 Å². The van der Waals surface area contributed by atoms with Crippen LogP contribution >= 0.6 is 11.8 Å². The number of ether oxygens (including phenoxy) is 2. The average Bonchev–Trinajstić information content (AvgIpc) is 2.98. The van der Waals surface area contributed by atoms with Gasteiger partial charge in [-0.1, -0.05) is 48.9 Å². The molecule has 0 radical (unpaired) electrons. The maximum Gasteiger partial charge on any atom is 0.224 e. The molecule has 1 saturated heterocycles. The number of carbonyl (C=O) groups excluding carboxylic acids is 2. The molecule has 1 aliphatic rings. The van der Waals surface area contributed by atoms with Crippen molar-refractivity contribution < 1.29 is 24.2 Å². The summed E-state index contributed by atoms with van der Waals surface area (Å²) in [6.07, 6.45) is 4.50. The second-order valence-corrected chi connectivity index (χ2v) is 10.8. The van der Waals surface area contributed by atoms with Gasteiger partial charge in [0.1, 0.15) is 0 Å². The fourth-order valence-corrected chi connectivity index (χ4v) is 5.35. The molecule has 0 bridgehead atoms. The highest BCUT2D eigenvalue weighted by Crippen LogP contribution is 2.39. The lowest BCUT2D eigenvalue weighted by molar-refractivity contribution is -0.245. The molecule has 4 rings (SSSR count). The lowest BCUT2D eigenvalue weighted by Gasteiger charge is -2.36. The van der Waals surface area contributed by atoms with Crippen LogP contribution in [0.4, 0.5) is 5.69 Å². The third-order valence-electron chi connectivity index (χ3n) is 6.57. The molecule has 8 nitrogen and oxygen atoms in total. The van der Waals surface area contributed by atoms with E-state index in [1.54, 1.807) is 18.0 Å². The lowest BCUT2D eigenvalue weighted by atomic mass is 10.0. The molecule has 0 saturated carbocycles. The van der Waals surface area contributed by atoms with Crippen molar-refractivity contribution in [2.45, 2.75) is 69.2 Å². The molecule has 3 N–H and O–H groups in total. The molecule has 3 aromatic rings. The van der Waals surface area contributed by atoms with E-state index in [2.05, 4.69) is 15.6 Å². The first kappa shape index (κ1) is 29.7. The number of benzene rings is 2. The van der Waals surface area contributed by atoms with Gasteiger partial charge >= 0.3 is 0 Å². The van der Waals surface area contributed by atoms with Crippen molar-refractivity contribution in [2.24, 2.45) is 0 Å². The van der Waals surface area contributed by atoms with Crippen LogP contribution in [0.1, 0.15) is 68.1 Å². The zero-order valence-corrected chi connectivity index (χ0v) is 23.6. The number of rotatable bonds is 13. The van der Waals surface area contributed by atoms with Crippen LogP contribution in [-0.4, -0.2) is 40.3 Å². The van der Waals surface area contributed by atoms with Crippen molar-refractivity contribution >= 4 is 29.3 Å². The van der Waals surface area contributed by atoms with Crippen molar-refractivity contribution in [3.05, 3.63) is 89.6 Å². The summed E-state index contributed by atoms with van der Waals surface area (Å²) in [5, 5.41) is 16.1. The Hall–Kier alpha value is -3.24. The number of nitrogens with zero attached hydrogens (tertiary/aromatic N) is 1. The number of hydrogen-bond acceptors (Lipinski definition) is 7. The van der Waals surface area contributed by atoms with Gasteiger partial charge in [0.15, 0.2) is 6.29 Å². The number of aromatic nitrogens is 1. The van der Waals surface area contributed by atoms with Crippen LogP contribution in [0, 0.1) is 0 Å². The molecule has 1 aromatic heterocycles. The van der Waals surface area contributed by atoms with Gasteiger partial charge < -0.3 is 25.2 Å². The molecule has 2 amide bonds. The first-order valence-corrected chi connectivity index (χ1v) is 14.7. The number of pyridine rings is 1. The van der Waals surface area contributed by atoms with Crippen LogP contribution in [0.25, 0.3) is 0 Å². The van der Waals surface area contributed by atoms with Gasteiger partial charge in [0.25, 0.3) is 0 Å². The van der Waals surface area contributed by atoms with E-state index >= 15 is 0 Å². The van der Waals surface area contributed by atoms with Crippen LogP contribution < -0.4 is 10.6 Å². The monoisotopic (exact) mass is 563 g/mol. The minimum absolute atomic E-state index is 0.00351.